The predicted molar refractivity (Wildman–Crippen MR) is 57.1 cm³/mol. The Balaban J connectivity index is 1.97. The third-order valence-corrected chi connectivity index (χ3v) is 3.46. The van der Waals surface area contributed by atoms with Crippen molar-refractivity contribution in [3.05, 3.63) is 12.2 Å². The molecule has 0 aromatic rings. The molecule has 2 aliphatic heterocycles. The Hall–Kier alpha value is 0.0225. The van der Waals surface area contributed by atoms with E-state index < -0.39 is 0 Å². The van der Waals surface area contributed by atoms with Crippen molar-refractivity contribution >= 4 is 4.50 Å². The van der Waals surface area contributed by atoms with Crippen LogP contribution < -0.4 is 0 Å². The molecule has 0 aromatic heterocycles. The Kier molecular flexibility index (Phi) is 4.55. The number of hydrazine groups is 1. The van der Waals surface area contributed by atoms with Crippen LogP contribution in [0, 0.1) is 0 Å². The van der Waals surface area contributed by atoms with E-state index in [1.807, 2.05) is 0 Å². The molecule has 2 rings (SSSR count). The zero-order chi connectivity index (χ0) is 10.5. The molecule has 0 aromatic carbocycles. The van der Waals surface area contributed by atoms with Gasteiger partial charge < -0.3 is 0 Å². The number of nitrogens with zero attached hydrogens (tertiary/aromatic N) is 2. The van der Waals surface area contributed by atoms with Crippen molar-refractivity contribution in [1.82, 2.24) is 10.0 Å². The average Bonchev–Trinajstić information content (AvgIpc) is 2.25. The molecule has 4 heteroatoms. The molecule has 84 valence electrons. The van der Waals surface area contributed by atoms with Crippen molar-refractivity contribution in [3.63, 3.8) is 0 Å². The van der Waals surface area contributed by atoms with Crippen LogP contribution in [0.3, 0.4) is 0 Å². The molecule has 0 bridgehead atoms. The second kappa shape index (κ2) is 5.93. The van der Waals surface area contributed by atoms with Gasteiger partial charge in [0.1, 0.15) is 0 Å². The molecule has 2 heterocycles. The summed E-state index contributed by atoms with van der Waals surface area (Å²) in [5.41, 5.74) is 0. The molecule has 1 fully saturated rings. The normalized spacial score (nSPS) is 28.4. The summed E-state index contributed by atoms with van der Waals surface area (Å²) in [6.07, 6.45) is 8.01. The maximum atomic E-state index is 5.38. The van der Waals surface area contributed by atoms with E-state index >= 15 is 0 Å². The SMILES string of the molecule is [Cr]=[C]1CC/C=C\CCN1N1CCOCC1. The molecule has 0 radical (unpaired) electrons. The van der Waals surface area contributed by atoms with Crippen molar-refractivity contribution in [1.29, 1.82) is 0 Å². The fraction of sp³-hybridized carbons (Fsp3) is 0.727. The third-order valence-electron chi connectivity index (χ3n) is 2.82. The Morgan fingerprint density at radius 2 is 1.80 bits per heavy atom. The summed E-state index contributed by atoms with van der Waals surface area (Å²) in [6, 6.07) is 0. The first-order valence-electron chi connectivity index (χ1n) is 5.66. The molecule has 15 heavy (non-hydrogen) atoms. The van der Waals surface area contributed by atoms with E-state index in [1.165, 1.54) is 4.50 Å². The van der Waals surface area contributed by atoms with Gasteiger partial charge in [-0.2, -0.15) is 0 Å². The molecule has 2 aliphatic rings. The third kappa shape index (κ3) is 3.24. The number of hydrogen-bond acceptors (Lipinski definition) is 3. The molecule has 3 nitrogen and oxygen atoms in total. The van der Waals surface area contributed by atoms with Crippen LogP contribution in [0.1, 0.15) is 19.3 Å². The number of morpholine rings is 1. The summed E-state index contributed by atoms with van der Waals surface area (Å²) < 4.78 is 6.76. The quantitative estimate of drug-likeness (QED) is 0.641. The molecule has 0 saturated carbocycles. The molecule has 0 amide bonds. The number of hydrogen-bond donors (Lipinski definition) is 0. The van der Waals surface area contributed by atoms with Crippen LogP contribution in [0.15, 0.2) is 12.2 Å². The number of allylic oxidation sites excluding steroid dienone is 1. The van der Waals surface area contributed by atoms with Gasteiger partial charge in [-0.25, -0.2) is 0 Å². The second-order valence-corrected chi connectivity index (χ2v) is 4.62. The predicted octanol–water partition coefficient (Wildman–Crippen LogP) is 0.952. The fourth-order valence-corrected chi connectivity index (χ4v) is 2.49. The van der Waals surface area contributed by atoms with Crippen LogP contribution in [0.2, 0.25) is 0 Å². The summed E-state index contributed by atoms with van der Waals surface area (Å²) >= 11 is 3.22. The van der Waals surface area contributed by atoms with E-state index in [9.17, 15) is 0 Å². The van der Waals surface area contributed by atoms with Gasteiger partial charge in [-0.05, 0) is 0 Å². The van der Waals surface area contributed by atoms with E-state index in [0.29, 0.717) is 0 Å². The van der Waals surface area contributed by atoms with E-state index in [0.717, 1.165) is 52.1 Å². The van der Waals surface area contributed by atoms with Gasteiger partial charge in [0.2, 0.25) is 0 Å². The monoisotopic (exact) mass is 246 g/mol. The van der Waals surface area contributed by atoms with Gasteiger partial charge in [0.15, 0.2) is 0 Å². The van der Waals surface area contributed by atoms with Gasteiger partial charge >= 0.3 is 99.4 Å². The Morgan fingerprint density at radius 1 is 1.07 bits per heavy atom. The zero-order valence-corrected chi connectivity index (χ0v) is 10.3. The minimum atomic E-state index is 0.861. The summed E-state index contributed by atoms with van der Waals surface area (Å²) in [7, 11) is 0. The van der Waals surface area contributed by atoms with Crippen LogP contribution in [-0.4, -0.2) is 47.4 Å². The molecule has 0 aliphatic carbocycles. The van der Waals surface area contributed by atoms with E-state index in [2.05, 4.69) is 38.0 Å². The molecule has 0 atom stereocenters. The van der Waals surface area contributed by atoms with E-state index in [-0.39, 0.29) is 0 Å². The molecule has 0 spiro atoms. The van der Waals surface area contributed by atoms with Gasteiger partial charge in [0.05, 0.1) is 0 Å². The molecule has 1 saturated heterocycles. The van der Waals surface area contributed by atoms with Crippen LogP contribution in [0.5, 0.6) is 0 Å². The molecular formula is C11H18CrN2O. The van der Waals surface area contributed by atoms with Crippen molar-refractivity contribution < 1.29 is 20.6 Å². The average molecular weight is 246 g/mol. The maximum absolute atomic E-state index is 5.38. The first kappa shape index (κ1) is 11.5. The topological polar surface area (TPSA) is 15.7 Å². The Morgan fingerprint density at radius 3 is 2.60 bits per heavy atom. The second-order valence-electron chi connectivity index (χ2n) is 3.88. The van der Waals surface area contributed by atoms with E-state index in [1.54, 1.807) is 0 Å². The van der Waals surface area contributed by atoms with Crippen LogP contribution in [-0.2, 0) is 20.6 Å². The summed E-state index contributed by atoms with van der Waals surface area (Å²) in [4.78, 5) is 0. The molecular weight excluding hydrogens is 228 g/mol. The van der Waals surface area contributed by atoms with Crippen LogP contribution >= 0.6 is 0 Å². The first-order chi connectivity index (χ1) is 7.38. The zero-order valence-electron chi connectivity index (χ0n) is 9.02. The van der Waals surface area contributed by atoms with Gasteiger partial charge in [-0.1, -0.05) is 0 Å². The Labute approximate surface area is 99.6 Å². The standard InChI is InChI=1S/C11H18N2O.Cr/c1-2-4-6-12(7-5-3-1)13-8-10-14-11-9-13;/h1-2H,3-6,8-11H2;/b2-1-;. The first-order valence-corrected chi connectivity index (χ1v) is 6.29. The van der Waals surface area contributed by atoms with Crippen molar-refractivity contribution in [2.24, 2.45) is 0 Å². The van der Waals surface area contributed by atoms with E-state index in [4.69, 9.17) is 4.74 Å². The van der Waals surface area contributed by atoms with Crippen molar-refractivity contribution in [2.45, 2.75) is 19.3 Å². The minimum absolute atomic E-state index is 0.861. The van der Waals surface area contributed by atoms with Gasteiger partial charge in [-0.15, -0.1) is 0 Å². The van der Waals surface area contributed by atoms with Crippen LogP contribution in [0.4, 0.5) is 0 Å². The molecule has 0 unspecified atom stereocenters. The summed E-state index contributed by atoms with van der Waals surface area (Å²) in [6.45, 7) is 4.86. The van der Waals surface area contributed by atoms with Gasteiger partial charge in [-0.3, -0.25) is 0 Å². The van der Waals surface area contributed by atoms with Crippen LogP contribution in [0.25, 0.3) is 0 Å². The Bertz CT molecular complexity index is 249. The van der Waals surface area contributed by atoms with Gasteiger partial charge in [0.25, 0.3) is 0 Å². The number of ether oxygens (including phenoxy) is 1. The summed E-state index contributed by atoms with van der Waals surface area (Å²) in [5.74, 6) is 0. The summed E-state index contributed by atoms with van der Waals surface area (Å²) in [5, 5.41) is 4.82. The van der Waals surface area contributed by atoms with Gasteiger partial charge in [0, 0.05) is 0 Å². The number of rotatable bonds is 1. The fourth-order valence-electron chi connectivity index (χ4n) is 1.99. The molecule has 0 N–H and O–H groups in total. The van der Waals surface area contributed by atoms with Crippen molar-refractivity contribution in [2.75, 3.05) is 32.8 Å². The van der Waals surface area contributed by atoms with Crippen molar-refractivity contribution in [3.8, 4) is 0 Å².